The Morgan fingerprint density at radius 1 is 1.17 bits per heavy atom. The summed E-state index contributed by atoms with van der Waals surface area (Å²) in [5.74, 6) is 1.90. The average molecular weight is 248 g/mol. The number of rotatable bonds is 6. The van der Waals surface area contributed by atoms with Crippen LogP contribution in [0, 0.1) is 0 Å². The summed E-state index contributed by atoms with van der Waals surface area (Å²) in [5.41, 5.74) is 1.16. The van der Waals surface area contributed by atoms with Crippen LogP contribution in [-0.4, -0.2) is 29.6 Å². The predicted octanol–water partition coefficient (Wildman–Crippen LogP) is 2.85. The van der Waals surface area contributed by atoms with Crippen molar-refractivity contribution in [2.24, 2.45) is 0 Å². The lowest BCUT2D eigenvalue weighted by Gasteiger charge is -2.17. The standard InChI is InChI=1S/C14H24N4/c1-3-7-12-11-13(15-8-4-2)17-14(16-12)18-9-5-6-10-18/h11H,3-10H2,1-2H3,(H,15,16,17). The average Bonchev–Trinajstić information content (AvgIpc) is 2.90. The number of anilines is 2. The van der Waals surface area contributed by atoms with E-state index in [0.29, 0.717) is 0 Å². The molecule has 1 saturated heterocycles. The van der Waals surface area contributed by atoms with E-state index >= 15 is 0 Å². The molecule has 1 aliphatic rings. The van der Waals surface area contributed by atoms with Crippen molar-refractivity contribution in [3.63, 3.8) is 0 Å². The van der Waals surface area contributed by atoms with Gasteiger partial charge in [-0.15, -0.1) is 0 Å². The van der Waals surface area contributed by atoms with Crippen LogP contribution in [0.3, 0.4) is 0 Å². The van der Waals surface area contributed by atoms with E-state index < -0.39 is 0 Å². The van der Waals surface area contributed by atoms with E-state index in [2.05, 4.69) is 40.1 Å². The number of hydrogen-bond acceptors (Lipinski definition) is 4. The van der Waals surface area contributed by atoms with E-state index in [1.807, 2.05) is 0 Å². The second-order valence-electron chi connectivity index (χ2n) is 4.92. The monoisotopic (exact) mass is 248 g/mol. The molecule has 1 aliphatic heterocycles. The van der Waals surface area contributed by atoms with Crippen molar-refractivity contribution < 1.29 is 0 Å². The van der Waals surface area contributed by atoms with Gasteiger partial charge in [-0.2, -0.15) is 4.98 Å². The largest absolute Gasteiger partial charge is 0.370 e. The van der Waals surface area contributed by atoms with Gasteiger partial charge < -0.3 is 10.2 Å². The summed E-state index contributed by atoms with van der Waals surface area (Å²) in [6.07, 6.45) is 5.80. The first-order valence-corrected chi connectivity index (χ1v) is 7.20. The topological polar surface area (TPSA) is 41.1 Å². The quantitative estimate of drug-likeness (QED) is 0.840. The van der Waals surface area contributed by atoms with Gasteiger partial charge in [-0.05, 0) is 25.7 Å². The molecule has 0 amide bonds. The molecule has 0 atom stereocenters. The van der Waals surface area contributed by atoms with Gasteiger partial charge in [-0.25, -0.2) is 4.98 Å². The summed E-state index contributed by atoms with van der Waals surface area (Å²) in [6.45, 7) is 7.53. The van der Waals surface area contributed by atoms with Crippen LogP contribution in [0.25, 0.3) is 0 Å². The molecular formula is C14H24N4. The zero-order chi connectivity index (χ0) is 12.8. The van der Waals surface area contributed by atoms with Gasteiger partial charge in [0.25, 0.3) is 0 Å². The molecule has 18 heavy (non-hydrogen) atoms. The first-order valence-electron chi connectivity index (χ1n) is 7.20. The number of aromatic nitrogens is 2. The Labute approximate surface area is 110 Å². The van der Waals surface area contributed by atoms with E-state index in [1.165, 1.54) is 12.8 Å². The van der Waals surface area contributed by atoms with Crippen molar-refractivity contribution in [2.45, 2.75) is 46.0 Å². The smallest absolute Gasteiger partial charge is 0.227 e. The van der Waals surface area contributed by atoms with Crippen molar-refractivity contribution in [3.8, 4) is 0 Å². The third kappa shape index (κ3) is 3.34. The summed E-state index contributed by atoms with van der Waals surface area (Å²) in [4.78, 5) is 11.6. The molecule has 0 aromatic carbocycles. The third-order valence-corrected chi connectivity index (χ3v) is 3.22. The fourth-order valence-electron chi connectivity index (χ4n) is 2.27. The van der Waals surface area contributed by atoms with Gasteiger partial charge in [0.05, 0.1) is 0 Å². The summed E-state index contributed by atoms with van der Waals surface area (Å²) >= 11 is 0. The molecule has 0 saturated carbocycles. The molecule has 0 aliphatic carbocycles. The minimum absolute atomic E-state index is 0.914. The molecule has 2 heterocycles. The lowest BCUT2D eigenvalue weighted by molar-refractivity contribution is 0.835. The molecule has 1 aromatic heterocycles. The van der Waals surface area contributed by atoms with Crippen molar-refractivity contribution >= 4 is 11.8 Å². The van der Waals surface area contributed by atoms with Crippen LogP contribution < -0.4 is 10.2 Å². The molecule has 1 N–H and O–H groups in total. The van der Waals surface area contributed by atoms with Crippen molar-refractivity contribution in [2.75, 3.05) is 29.9 Å². The highest BCUT2D eigenvalue weighted by Gasteiger charge is 2.16. The predicted molar refractivity (Wildman–Crippen MR) is 76.3 cm³/mol. The van der Waals surface area contributed by atoms with Crippen LogP contribution in [0.1, 0.15) is 45.2 Å². The summed E-state index contributed by atoms with van der Waals surface area (Å²) in [7, 11) is 0. The van der Waals surface area contributed by atoms with Gasteiger partial charge in [0.15, 0.2) is 0 Å². The molecule has 0 unspecified atom stereocenters. The van der Waals surface area contributed by atoms with Gasteiger partial charge in [0, 0.05) is 31.4 Å². The van der Waals surface area contributed by atoms with Crippen LogP contribution in [0.2, 0.25) is 0 Å². The summed E-state index contributed by atoms with van der Waals surface area (Å²) in [5, 5.41) is 3.38. The minimum atomic E-state index is 0.914. The second kappa shape index (κ2) is 6.57. The zero-order valence-electron chi connectivity index (χ0n) is 11.6. The third-order valence-electron chi connectivity index (χ3n) is 3.22. The molecule has 1 fully saturated rings. The Morgan fingerprint density at radius 2 is 1.94 bits per heavy atom. The van der Waals surface area contributed by atoms with Crippen molar-refractivity contribution in [1.29, 1.82) is 0 Å². The summed E-state index contributed by atoms with van der Waals surface area (Å²) < 4.78 is 0. The Bertz CT molecular complexity index is 372. The maximum absolute atomic E-state index is 4.69. The van der Waals surface area contributed by atoms with Crippen molar-refractivity contribution in [1.82, 2.24) is 9.97 Å². The van der Waals surface area contributed by atoms with Crippen LogP contribution in [-0.2, 0) is 6.42 Å². The highest BCUT2D eigenvalue weighted by Crippen LogP contribution is 2.19. The maximum Gasteiger partial charge on any atom is 0.227 e. The molecule has 1 aromatic rings. The highest BCUT2D eigenvalue weighted by atomic mass is 15.3. The molecule has 0 radical (unpaired) electrons. The van der Waals surface area contributed by atoms with Crippen LogP contribution in [0.4, 0.5) is 11.8 Å². The second-order valence-corrected chi connectivity index (χ2v) is 4.92. The number of nitrogens with zero attached hydrogens (tertiary/aromatic N) is 3. The molecule has 2 rings (SSSR count). The van der Waals surface area contributed by atoms with Crippen LogP contribution in [0.15, 0.2) is 6.07 Å². The Morgan fingerprint density at radius 3 is 2.61 bits per heavy atom. The first kappa shape index (κ1) is 13.1. The van der Waals surface area contributed by atoms with Gasteiger partial charge in [-0.1, -0.05) is 20.3 Å². The molecule has 100 valence electrons. The molecule has 0 spiro atoms. The lowest BCUT2D eigenvalue weighted by Crippen LogP contribution is -2.21. The van der Waals surface area contributed by atoms with E-state index in [9.17, 15) is 0 Å². The van der Waals surface area contributed by atoms with E-state index in [-0.39, 0.29) is 0 Å². The fraction of sp³-hybridized carbons (Fsp3) is 0.714. The van der Waals surface area contributed by atoms with Crippen LogP contribution in [0.5, 0.6) is 0 Å². The maximum atomic E-state index is 4.69. The number of hydrogen-bond donors (Lipinski definition) is 1. The Balaban J connectivity index is 2.17. The van der Waals surface area contributed by atoms with E-state index in [0.717, 1.165) is 56.4 Å². The van der Waals surface area contributed by atoms with Gasteiger partial charge >= 0.3 is 0 Å². The Kier molecular flexibility index (Phi) is 4.79. The SMILES string of the molecule is CCCNc1cc(CCC)nc(N2CCCC2)n1. The molecule has 4 heteroatoms. The highest BCUT2D eigenvalue weighted by molar-refractivity contribution is 5.44. The molecule has 0 bridgehead atoms. The van der Waals surface area contributed by atoms with Gasteiger partial charge in [0.2, 0.25) is 5.95 Å². The van der Waals surface area contributed by atoms with Crippen molar-refractivity contribution in [3.05, 3.63) is 11.8 Å². The minimum Gasteiger partial charge on any atom is -0.370 e. The zero-order valence-corrected chi connectivity index (χ0v) is 11.6. The van der Waals surface area contributed by atoms with Crippen LogP contribution >= 0.6 is 0 Å². The van der Waals surface area contributed by atoms with Gasteiger partial charge in [0.1, 0.15) is 5.82 Å². The molecular weight excluding hydrogens is 224 g/mol. The lowest BCUT2D eigenvalue weighted by atomic mass is 10.2. The number of aryl methyl sites for hydroxylation is 1. The Hall–Kier alpha value is -1.32. The van der Waals surface area contributed by atoms with Gasteiger partial charge in [-0.3, -0.25) is 0 Å². The normalized spacial score (nSPS) is 15.1. The molecule has 4 nitrogen and oxygen atoms in total. The number of nitrogens with one attached hydrogen (secondary N) is 1. The van der Waals surface area contributed by atoms with E-state index in [4.69, 9.17) is 0 Å². The van der Waals surface area contributed by atoms with E-state index in [1.54, 1.807) is 0 Å². The fourth-order valence-corrected chi connectivity index (χ4v) is 2.27. The first-order chi connectivity index (χ1) is 8.83. The summed E-state index contributed by atoms with van der Waals surface area (Å²) in [6, 6.07) is 2.10.